The molecule has 3 rings (SSSR count). The number of carbonyl (C=O) groups is 1. The van der Waals surface area contributed by atoms with E-state index in [0.29, 0.717) is 5.89 Å². The van der Waals surface area contributed by atoms with E-state index in [-0.39, 0.29) is 11.9 Å². The summed E-state index contributed by atoms with van der Waals surface area (Å²) in [6.45, 7) is 2.75. The monoisotopic (exact) mass is 274 g/mol. The molecule has 1 aliphatic rings. The number of nitrogens with two attached hydrogens (primary N) is 1. The number of aryl methyl sites for hydroxylation is 1. The van der Waals surface area contributed by atoms with Gasteiger partial charge >= 0.3 is 0 Å². The zero-order valence-corrected chi connectivity index (χ0v) is 11.0. The van der Waals surface area contributed by atoms with E-state index in [2.05, 4.69) is 25.0 Å². The van der Waals surface area contributed by atoms with Crippen LogP contribution in [0.1, 0.15) is 41.1 Å². The van der Waals surface area contributed by atoms with Crippen LogP contribution in [0.2, 0.25) is 0 Å². The predicted molar refractivity (Wildman–Crippen MR) is 68.9 cm³/mol. The molecular formula is C12H14N6O2. The highest BCUT2D eigenvalue weighted by atomic mass is 16.5. The van der Waals surface area contributed by atoms with E-state index in [1.165, 1.54) is 6.33 Å². The zero-order chi connectivity index (χ0) is 14.1. The predicted octanol–water partition coefficient (Wildman–Crippen LogP) is 0.608. The number of amides is 1. The van der Waals surface area contributed by atoms with Gasteiger partial charge in [-0.2, -0.15) is 4.98 Å². The molecule has 3 heterocycles. The van der Waals surface area contributed by atoms with Crippen molar-refractivity contribution >= 4 is 11.7 Å². The smallest absolute Gasteiger partial charge is 0.290 e. The van der Waals surface area contributed by atoms with Crippen LogP contribution in [0, 0.1) is 6.92 Å². The summed E-state index contributed by atoms with van der Waals surface area (Å²) in [6, 6.07) is 1.83. The van der Waals surface area contributed by atoms with Gasteiger partial charge in [0.25, 0.3) is 11.7 Å². The quantitative estimate of drug-likeness (QED) is 0.872. The summed E-state index contributed by atoms with van der Waals surface area (Å²) in [5, 5.41) is 3.59. The number of aromatic nitrogens is 4. The molecule has 8 nitrogen and oxygen atoms in total. The average molecular weight is 274 g/mol. The Hall–Kier alpha value is -2.51. The third-order valence-corrected chi connectivity index (χ3v) is 3.28. The number of hydrogen-bond donors (Lipinski definition) is 1. The fraction of sp³-hybridized carbons (Fsp3) is 0.417. The largest absolute Gasteiger partial charge is 0.363 e. The lowest BCUT2D eigenvalue weighted by atomic mass is 10.2. The van der Waals surface area contributed by atoms with E-state index in [1.54, 1.807) is 0 Å². The Bertz CT molecular complexity index is 640. The van der Waals surface area contributed by atoms with Gasteiger partial charge in [0.15, 0.2) is 0 Å². The summed E-state index contributed by atoms with van der Waals surface area (Å²) in [5.41, 5.74) is 6.03. The second kappa shape index (κ2) is 4.87. The van der Waals surface area contributed by atoms with Crippen molar-refractivity contribution in [3.8, 4) is 0 Å². The highest BCUT2D eigenvalue weighted by molar-refractivity contribution is 5.88. The Morgan fingerprint density at radius 1 is 1.50 bits per heavy atom. The topological polar surface area (TPSA) is 111 Å². The van der Waals surface area contributed by atoms with Crippen molar-refractivity contribution in [3.63, 3.8) is 0 Å². The van der Waals surface area contributed by atoms with Crippen molar-refractivity contribution in [1.82, 2.24) is 20.1 Å². The maximum absolute atomic E-state index is 11.0. The van der Waals surface area contributed by atoms with Crippen LogP contribution in [0.15, 0.2) is 16.9 Å². The summed E-state index contributed by atoms with van der Waals surface area (Å²) in [7, 11) is 0. The molecule has 0 radical (unpaired) electrons. The first kappa shape index (κ1) is 12.5. The first-order chi connectivity index (χ1) is 9.65. The molecule has 1 aliphatic heterocycles. The second-order valence-electron chi connectivity index (χ2n) is 4.69. The molecule has 0 spiro atoms. The Morgan fingerprint density at radius 3 is 3.05 bits per heavy atom. The molecule has 2 aromatic rings. The Morgan fingerprint density at radius 2 is 2.35 bits per heavy atom. The number of nitrogens with zero attached hydrogens (tertiary/aromatic N) is 5. The number of primary amides is 1. The first-order valence-electron chi connectivity index (χ1n) is 6.34. The number of anilines is 1. The van der Waals surface area contributed by atoms with E-state index >= 15 is 0 Å². The molecule has 0 saturated carbocycles. The van der Waals surface area contributed by atoms with Crippen LogP contribution in [0.5, 0.6) is 0 Å². The number of rotatable bonds is 3. The molecule has 104 valence electrons. The maximum atomic E-state index is 11.0. The third kappa shape index (κ3) is 2.20. The molecule has 20 heavy (non-hydrogen) atoms. The highest BCUT2D eigenvalue weighted by Crippen LogP contribution is 2.34. The van der Waals surface area contributed by atoms with Gasteiger partial charge in [-0.15, -0.1) is 0 Å². The summed E-state index contributed by atoms with van der Waals surface area (Å²) in [5.74, 6) is 0.430. The highest BCUT2D eigenvalue weighted by Gasteiger charge is 2.32. The van der Waals surface area contributed by atoms with Gasteiger partial charge in [0.05, 0.1) is 0 Å². The summed E-state index contributed by atoms with van der Waals surface area (Å²) in [4.78, 5) is 25.5. The molecule has 1 amide bonds. The van der Waals surface area contributed by atoms with Gasteiger partial charge < -0.3 is 15.2 Å². The molecule has 2 N–H and O–H groups in total. The van der Waals surface area contributed by atoms with Gasteiger partial charge in [0.2, 0.25) is 5.89 Å². The first-order valence-corrected chi connectivity index (χ1v) is 6.34. The van der Waals surface area contributed by atoms with Crippen molar-refractivity contribution < 1.29 is 9.32 Å². The van der Waals surface area contributed by atoms with Crippen molar-refractivity contribution in [2.75, 3.05) is 11.4 Å². The normalized spacial score (nSPS) is 18.4. The molecule has 0 aromatic carbocycles. The minimum Gasteiger partial charge on any atom is -0.363 e. The van der Waals surface area contributed by atoms with Gasteiger partial charge in [-0.05, 0) is 19.8 Å². The van der Waals surface area contributed by atoms with Gasteiger partial charge in [-0.25, -0.2) is 9.97 Å². The number of carbonyl (C=O) groups excluding carboxylic acids is 1. The summed E-state index contributed by atoms with van der Waals surface area (Å²) >= 11 is 0. The lowest BCUT2D eigenvalue weighted by Crippen LogP contribution is -2.24. The zero-order valence-electron chi connectivity index (χ0n) is 11.0. The lowest BCUT2D eigenvalue weighted by molar-refractivity contribution is 0.0987. The lowest BCUT2D eigenvalue weighted by Gasteiger charge is -2.22. The van der Waals surface area contributed by atoms with Crippen LogP contribution in [0.25, 0.3) is 0 Å². The van der Waals surface area contributed by atoms with Crippen molar-refractivity contribution in [1.29, 1.82) is 0 Å². The van der Waals surface area contributed by atoms with Crippen LogP contribution in [0.4, 0.5) is 5.82 Å². The number of hydrogen-bond acceptors (Lipinski definition) is 7. The minimum atomic E-state index is -0.692. The van der Waals surface area contributed by atoms with E-state index in [9.17, 15) is 4.79 Å². The van der Waals surface area contributed by atoms with Crippen molar-refractivity contribution in [2.45, 2.75) is 25.8 Å². The third-order valence-electron chi connectivity index (χ3n) is 3.28. The van der Waals surface area contributed by atoms with E-state index in [4.69, 9.17) is 10.3 Å². The SMILES string of the molecule is Cc1cc(N2CCC[C@H]2c2nc(C(N)=O)no2)ncn1. The van der Waals surface area contributed by atoms with Crippen LogP contribution in [-0.4, -0.2) is 32.6 Å². The fourth-order valence-corrected chi connectivity index (χ4v) is 2.37. The maximum Gasteiger partial charge on any atom is 0.290 e. The van der Waals surface area contributed by atoms with Gasteiger partial charge in [0.1, 0.15) is 18.2 Å². The molecule has 8 heteroatoms. The van der Waals surface area contributed by atoms with E-state index < -0.39 is 5.91 Å². The van der Waals surface area contributed by atoms with E-state index in [0.717, 1.165) is 30.9 Å². The standard InChI is InChI=1S/C12H14N6O2/c1-7-5-9(15-6-14-7)18-4-2-3-8(18)12-16-11(10(13)19)17-20-12/h5-6,8H,2-4H2,1H3,(H2,13,19)/t8-/m0/s1. The minimum absolute atomic E-state index is 0.0788. The van der Waals surface area contributed by atoms with Gasteiger partial charge in [0, 0.05) is 18.3 Å². The Labute approximate surface area is 115 Å². The Kier molecular flexibility index (Phi) is 3.05. The van der Waals surface area contributed by atoms with Crippen molar-refractivity contribution in [3.05, 3.63) is 29.8 Å². The summed E-state index contributed by atoms with van der Waals surface area (Å²) in [6.07, 6.45) is 3.38. The van der Waals surface area contributed by atoms with Gasteiger partial charge in [-0.3, -0.25) is 4.79 Å². The molecule has 2 aromatic heterocycles. The molecule has 1 atom stereocenters. The molecule has 0 unspecified atom stereocenters. The molecule has 1 saturated heterocycles. The van der Waals surface area contributed by atoms with Crippen LogP contribution < -0.4 is 10.6 Å². The second-order valence-corrected chi connectivity index (χ2v) is 4.69. The average Bonchev–Trinajstić information content (AvgIpc) is 3.07. The molecular weight excluding hydrogens is 260 g/mol. The molecule has 0 bridgehead atoms. The van der Waals surface area contributed by atoms with Crippen LogP contribution >= 0.6 is 0 Å². The van der Waals surface area contributed by atoms with E-state index in [1.807, 2.05) is 13.0 Å². The Balaban J connectivity index is 1.90. The van der Waals surface area contributed by atoms with Gasteiger partial charge in [-0.1, -0.05) is 5.16 Å². The van der Waals surface area contributed by atoms with Crippen LogP contribution in [-0.2, 0) is 0 Å². The van der Waals surface area contributed by atoms with Crippen LogP contribution in [0.3, 0.4) is 0 Å². The van der Waals surface area contributed by atoms with Crippen molar-refractivity contribution in [2.24, 2.45) is 5.73 Å². The fourth-order valence-electron chi connectivity index (χ4n) is 2.37. The molecule has 0 aliphatic carbocycles. The summed E-state index contributed by atoms with van der Waals surface area (Å²) < 4.78 is 5.14. The molecule has 1 fully saturated rings.